The van der Waals surface area contributed by atoms with Crippen LogP contribution in [0.15, 0.2) is 5.03 Å². The highest BCUT2D eigenvalue weighted by atomic mass is 32.2. The molecule has 0 aliphatic carbocycles. The van der Waals surface area contributed by atoms with E-state index in [4.69, 9.17) is 0 Å². The predicted octanol–water partition coefficient (Wildman–Crippen LogP) is 3.61. The Morgan fingerprint density at radius 1 is 1.17 bits per heavy atom. The number of hydrogen-bond acceptors (Lipinski definition) is 4. The average Bonchev–Trinajstić information content (AvgIpc) is 2.37. The van der Waals surface area contributed by atoms with Gasteiger partial charge in [-0.05, 0) is 24.3 Å². The average molecular weight is 263 g/mol. The maximum Gasteiger partial charge on any atom is 0.137 e. The van der Waals surface area contributed by atoms with Crippen molar-refractivity contribution in [3.8, 4) is 6.07 Å². The number of aryl methyl sites for hydroxylation is 1. The van der Waals surface area contributed by atoms with Gasteiger partial charge in [-0.1, -0.05) is 46.4 Å². The molecule has 1 unspecified atom stereocenters. The molecule has 0 amide bonds. The lowest BCUT2D eigenvalue weighted by molar-refractivity contribution is 0.640. The first kappa shape index (κ1) is 15.0. The smallest absolute Gasteiger partial charge is 0.137 e. The van der Waals surface area contributed by atoms with Crippen LogP contribution in [0.4, 0.5) is 0 Å². The van der Waals surface area contributed by atoms with Crippen molar-refractivity contribution in [3.63, 3.8) is 0 Å². The second-order valence-corrected chi connectivity index (χ2v) is 6.06. The molecule has 0 aromatic carbocycles. The number of thioether (sulfide) groups is 1. The van der Waals surface area contributed by atoms with Crippen molar-refractivity contribution in [2.24, 2.45) is 5.92 Å². The lowest BCUT2D eigenvalue weighted by atomic mass is 10.1. The molecule has 1 rings (SSSR count). The lowest BCUT2D eigenvalue weighted by Crippen LogP contribution is -2.09. The molecule has 1 aromatic heterocycles. The molecule has 0 aliphatic rings. The summed E-state index contributed by atoms with van der Waals surface area (Å²) in [5.41, 5.74) is 2.74. The summed E-state index contributed by atoms with van der Waals surface area (Å²) in [6, 6.07) is 2.31. The maximum atomic E-state index is 9.37. The molecule has 4 heteroatoms. The van der Waals surface area contributed by atoms with Crippen molar-refractivity contribution in [2.45, 2.75) is 57.7 Å². The first-order chi connectivity index (χ1) is 8.54. The molecule has 3 nitrogen and oxygen atoms in total. The van der Waals surface area contributed by atoms with Crippen molar-refractivity contribution < 1.29 is 0 Å². The Labute approximate surface area is 114 Å². The number of hydrogen-bond donors (Lipinski definition) is 0. The van der Waals surface area contributed by atoms with E-state index in [-0.39, 0.29) is 0 Å². The molecule has 98 valence electrons. The van der Waals surface area contributed by atoms with E-state index in [1.165, 1.54) is 0 Å². The SMILES string of the molecule is CCc1nnc(SC(C)C(C)C)c(C#N)c1CC. The normalized spacial score (nSPS) is 12.5. The highest BCUT2D eigenvalue weighted by Gasteiger charge is 2.18. The van der Waals surface area contributed by atoms with Crippen LogP contribution in [-0.2, 0) is 12.8 Å². The Kier molecular flexibility index (Phi) is 5.61. The Bertz CT molecular complexity index is 449. The van der Waals surface area contributed by atoms with Gasteiger partial charge in [0.25, 0.3) is 0 Å². The van der Waals surface area contributed by atoms with Gasteiger partial charge >= 0.3 is 0 Å². The summed E-state index contributed by atoms with van der Waals surface area (Å²) in [6.07, 6.45) is 1.67. The van der Waals surface area contributed by atoms with E-state index in [9.17, 15) is 5.26 Å². The number of rotatable bonds is 5. The first-order valence-electron chi connectivity index (χ1n) is 6.50. The van der Waals surface area contributed by atoms with Crippen LogP contribution in [-0.4, -0.2) is 15.4 Å². The molecule has 1 aromatic rings. The van der Waals surface area contributed by atoms with Crippen molar-refractivity contribution >= 4 is 11.8 Å². The number of nitrogens with zero attached hydrogens (tertiary/aromatic N) is 3. The molecular weight excluding hydrogens is 242 g/mol. The molecule has 0 saturated carbocycles. The van der Waals surface area contributed by atoms with Crippen molar-refractivity contribution in [2.75, 3.05) is 0 Å². The van der Waals surface area contributed by atoms with Crippen LogP contribution < -0.4 is 0 Å². The largest absolute Gasteiger partial charge is 0.192 e. The summed E-state index contributed by atoms with van der Waals surface area (Å²) in [5, 5.41) is 19.1. The van der Waals surface area contributed by atoms with Gasteiger partial charge in [-0.25, -0.2) is 0 Å². The molecule has 0 saturated heterocycles. The molecule has 0 aliphatic heterocycles. The van der Waals surface area contributed by atoms with E-state index in [0.29, 0.717) is 11.2 Å². The Morgan fingerprint density at radius 3 is 2.28 bits per heavy atom. The molecule has 0 bridgehead atoms. The van der Waals surface area contributed by atoms with Crippen LogP contribution in [0.3, 0.4) is 0 Å². The molecule has 1 heterocycles. The van der Waals surface area contributed by atoms with E-state index >= 15 is 0 Å². The van der Waals surface area contributed by atoms with E-state index in [0.717, 1.165) is 34.7 Å². The van der Waals surface area contributed by atoms with Crippen molar-refractivity contribution in [1.82, 2.24) is 10.2 Å². The molecule has 1 atom stereocenters. The van der Waals surface area contributed by atoms with Crippen LogP contribution >= 0.6 is 11.8 Å². The minimum absolute atomic E-state index is 0.434. The third kappa shape index (κ3) is 3.23. The van der Waals surface area contributed by atoms with Crippen molar-refractivity contribution in [3.05, 3.63) is 16.8 Å². The predicted molar refractivity (Wildman–Crippen MR) is 75.7 cm³/mol. The summed E-state index contributed by atoms with van der Waals surface area (Å²) in [6.45, 7) is 10.6. The van der Waals surface area contributed by atoms with Gasteiger partial charge in [-0.2, -0.15) is 10.4 Å². The van der Waals surface area contributed by atoms with Gasteiger partial charge < -0.3 is 0 Å². The Hall–Kier alpha value is -1.08. The first-order valence-corrected chi connectivity index (χ1v) is 7.38. The van der Waals surface area contributed by atoms with Crippen LogP contribution in [0.5, 0.6) is 0 Å². The Morgan fingerprint density at radius 2 is 1.83 bits per heavy atom. The van der Waals surface area contributed by atoms with Gasteiger partial charge in [0.15, 0.2) is 0 Å². The number of nitriles is 1. The Balaban J connectivity index is 3.18. The van der Waals surface area contributed by atoms with E-state index in [2.05, 4.69) is 44.0 Å². The monoisotopic (exact) mass is 263 g/mol. The third-order valence-corrected chi connectivity index (χ3v) is 4.59. The van der Waals surface area contributed by atoms with Gasteiger partial charge in [0.1, 0.15) is 11.1 Å². The maximum absolute atomic E-state index is 9.37. The summed E-state index contributed by atoms with van der Waals surface area (Å²) >= 11 is 1.66. The standard InChI is InChI=1S/C14H21N3S/c1-6-11-12(8-15)14(17-16-13(11)7-2)18-10(5)9(3)4/h9-10H,6-7H2,1-5H3. The zero-order valence-electron chi connectivity index (χ0n) is 11.8. The summed E-state index contributed by atoms with van der Waals surface area (Å²) in [4.78, 5) is 0. The fourth-order valence-electron chi connectivity index (χ4n) is 1.66. The fourth-order valence-corrected chi connectivity index (χ4v) is 2.66. The van der Waals surface area contributed by atoms with Gasteiger partial charge in [0.05, 0.1) is 11.3 Å². The second kappa shape index (κ2) is 6.75. The fraction of sp³-hybridized carbons (Fsp3) is 0.643. The van der Waals surface area contributed by atoms with Crippen LogP contribution in [0, 0.1) is 17.2 Å². The molecular formula is C14H21N3S. The van der Waals surface area contributed by atoms with Gasteiger partial charge in [-0.3, -0.25) is 0 Å². The molecule has 0 spiro atoms. The highest BCUT2D eigenvalue weighted by Crippen LogP contribution is 2.30. The summed E-state index contributed by atoms with van der Waals surface area (Å²) < 4.78 is 0. The quantitative estimate of drug-likeness (QED) is 0.761. The van der Waals surface area contributed by atoms with E-state index in [1.807, 2.05) is 6.92 Å². The number of aromatic nitrogens is 2. The van der Waals surface area contributed by atoms with Crippen LogP contribution in [0.2, 0.25) is 0 Å². The highest BCUT2D eigenvalue weighted by molar-refractivity contribution is 7.99. The third-order valence-electron chi connectivity index (χ3n) is 3.16. The van der Waals surface area contributed by atoms with Gasteiger partial charge in [0, 0.05) is 5.25 Å². The molecule has 0 N–H and O–H groups in total. The van der Waals surface area contributed by atoms with Crippen LogP contribution in [0.25, 0.3) is 0 Å². The molecule has 0 radical (unpaired) electrons. The second-order valence-electron chi connectivity index (χ2n) is 4.69. The summed E-state index contributed by atoms with van der Waals surface area (Å²) in [5.74, 6) is 0.555. The molecule has 0 fully saturated rings. The zero-order valence-corrected chi connectivity index (χ0v) is 12.6. The molecule has 18 heavy (non-hydrogen) atoms. The minimum atomic E-state index is 0.434. The van der Waals surface area contributed by atoms with Gasteiger partial charge in [-0.15, -0.1) is 5.10 Å². The van der Waals surface area contributed by atoms with Crippen LogP contribution in [0.1, 0.15) is 51.4 Å². The minimum Gasteiger partial charge on any atom is -0.192 e. The summed E-state index contributed by atoms with van der Waals surface area (Å²) in [7, 11) is 0. The van der Waals surface area contributed by atoms with Gasteiger partial charge in [0.2, 0.25) is 0 Å². The van der Waals surface area contributed by atoms with E-state index in [1.54, 1.807) is 11.8 Å². The van der Waals surface area contributed by atoms with E-state index < -0.39 is 0 Å². The lowest BCUT2D eigenvalue weighted by Gasteiger charge is -2.16. The van der Waals surface area contributed by atoms with Crippen molar-refractivity contribution in [1.29, 1.82) is 5.26 Å². The topological polar surface area (TPSA) is 49.6 Å². The zero-order chi connectivity index (χ0) is 13.7.